The van der Waals surface area contributed by atoms with E-state index >= 15 is 0 Å². The predicted molar refractivity (Wildman–Crippen MR) is 113 cm³/mol. The largest absolute Gasteiger partial charge is 4.00 e. The predicted octanol–water partition coefficient (Wildman–Crippen LogP) is -10.5. The van der Waals surface area contributed by atoms with Crippen LogP contribution < -0.4 is 58.7 Å². The van der Waals surface area contributed by atoms with Gasteiger partial charge < -0.3 is 134 Å². The monoisotopic (exact) mass is 1400 g/mol. The quantitative estimate of drug-likeness (QED) is 0.132. The Kier molecular flexibility index (Phi) is 34.9. The van der Waals surface area contributed by atoms with Gasteiger partial charge in [-0.1, -0.05) is 0 Å². The molecule has 47 heavy (non-hydrogen) atoms. The molecule has 28 nitrogen and oxygen atoms in total. The summed E-state index contributed by atoms with van der Waals surface area (Å²) in [6, 6.07) is 0. The molecule has 0 fully saturated rings. The van der Waals surface area contributed by atoms with E-state index in [1.165, 1.54) is 0 Å². The molecule has 0 aromatic rings. The average Bonchev–Trinajstić information content (AvgIpc) is 2.85. The van der Waals surface area contributed by atoms with Crippen molar-refractivity contribution in [3.63, 3.8) is 0 Å². The van der Waals surface area contributed by atoms with Crippen LogP contribution >= 0.6 is 60.8 Å². The molecule has 0 spiro atoms. The number of aliphatic hydroxyl groups is 4. The van der Waals surface area contributed by atoms with Crippen molar-refractivity contribution in [2.75, 3.05) is 28.4 Å². The van der Waals surface area contributed by atoms with Gasteiger partial charge in [0.15, 0.2) is 30.4 Å². The Morgan fingerprint density at radius 2 is 0.426 bits per heavy atom. The van der Waals surface area contributed by atoms with Crippen LogP contribution in [0, 0.1) is 0 Å². The van der Waals surface area contributed by atoms with E-state index in [-0.39, 0.29) is 63.2 Å². The number of hydrogen-bond donors (Lipinski definition) is 4. The molecule has 39 heteroatoms. The van der Waals surface area contributed by atoms with Crippen LogP contribution in [0.3, 0.4) is 0 Å². The second-order valence-electron chi connectivity index (χ2n) is 6.43. The van der Waals surface area contributed by atoms with Crippen molar-refractivity contribution in [2.24, 2.45) is 0 Å². The Morgan fingerprint density at radius 1 is 0.340 bits per heavy atom. The van der Waals surface area contributed by atoms with Gasteiger partial charge in [-0.25, -0.2) is 0 Å². The van der Waals surface area contributed by atoms with E-state index in [0.29, 0.717) is 28.4 Å². The molecule has 0 aromatic carbocycles. The van der Waals surface area contributed by atoms with Crippen molar-refractivity contribution in [3.8, 4) is 0 Å². The molecule has 0 amide bonds. The molecular formula is C8H20O28P8Pt3. The van der Waals surface area contributed by atoms with Crippen molar-refractivity contribution in [1.29, 1.82) is 0 Å². The molecule has 0 aliphatic heterocycles. The van der Waals surface area contributed by atoms with E-state index in [1.807, 2.05) is 0 Å². The topological polar surface area (TPSA) is 531 Å². The van der Waals surface area contributed by atoms with E-state index < -0.39 is 83.1 Å². The van der Waals surface area contributed by atoms with Gasteiger partial charge in [-0.15, -0.1) is 0 Å². The van der Waals surface area contributed by atoms with Crippen molar-refractivity contribution in [2.45, 2.75) is 22.3 Å². The van der Waals surface area contributed by atoms with E-state index in [9.17, 15) is 95.2 Å². The maximum atomic E-state index is 10.3. The smallest absolute Gasteiger partial charge is 0.809 e. The van der Waals surface area contributed by atoms with Gasteiger partial charge in [0, 0.05) is 28.4 Å². The second-order valence-corrected chi connectivity index (χ2v) is 22.1. The zero-order valence-electron chi connectivity index (χ0n) is 22.4. The van der Waals surface area contributed by atoms with Gasteiger partial charge in [0.05, 0.1) is 0 Å². The molecule has 0 heterocycles. The van der Waals surface area contributed by atoms with E-state index in [2.05, 4.69) is 18.1 Å². The number of rotatable bonds is 12. The molecule has 4 N–H and O–H groups in total. The summed E-state index contributed by atoms with van der Waals surface area (Å²) in [7, 11) is -39.5. The minimum Gasteiger partial charge on any atom is -0.809 e. The molecule has 0 aromatic heterocycles. The molecule has 0 saturated heterocycles. The number of aliphatic hydroxyl groups excluding tert-OH is 4. The van der Waals surface area contributed by atoms with Crippen LogP contribution in [-0.4, -0.2) is 71.2 Å². The molecule has 0 rings (SSSR count). The number of hydrogen-bond acceptors (Lipinski definition) is 28. The van der Waals surface area contributed by atoms with Crippen molar-refractivity contribution in [1.82, 2.24) is 0 Å². The normalized spacial score (nSPS) is 19.5. The van der Waals surface area contributed by atoms with Crippen LogP contribution in [0.15, 0.2) is 0 Å². The third-order valence-corrected chi connectivity index (χ3v) is 16.6. The standard InChI is InChI=1S/4C2H8O7P2.3Pt/c4*1-9-11(7,8)2(3)10(4,5)6;;;/h4*2-3H,1H3,(H,7,8)(H2,4,5,6);;;/q;;;;3*+4/p-12. The molecule has 8 unspecified atom stereocenters. The Balaban J connectivity index is -0.0000000889. The molecular weight excluding hydrogens is 1380 g/mol. The second kappa shape index (κ2) is 25.2. The molecule has 0 aliphatic rings. The molecule has 0 aliphatic carbocycles. The van der Waals surface area contributed by atoms with Crippen LogP contribution in [0.4, 0.5) is 0 Å². The van der Waals surface area contributed by atoms with Gasteiger partial charge in [-0.3, -0.25) is 0 Å². The van der Waals surface area contributed by atoms with Crippen molar-refractivity contribution in [3.05, 3.63) is 0 Å². The molecule has 290 valence electrons. The Bertz CT molecular complexity index is 1070. The third-order valence-electron chi connectivity index (χ3n) is 3.28. The molecule has 0 bridgehead atoms. The maximum Gasteiger partial charge on any atom is 4.00 e. The van der Waals surface area contributed by atoms with Gasteiger partial charge >= 0.3 is 63.2 Å². The van der Waals surface area contributed by atoms with Gasteiger partial charge in [0.2, 0.25) is 0 Å². The SMILES string of the molecule is COP(=O)([O-])C(O)P(=O)([O-])[O-].COP(=O)([O-])C(O)P(=O)([O-])[O-].COP(=O)([O-])C(O)P(=O)([O-])[O-].COP(=O)([O-])C(O)P(=O)([O-])[O-].[Pt+4].[Pt+4].[Pt+4]. The summed E-state index contributed by atoms with van der Waals surface area (Å²) >= 11 is 0. The summed E-state index contributed by atoms with van der Waals surface area (Å²) in [5, 5.41) is 33.3. The minimum atomic E-state index is -5.54. The first-order valence-corrected chi connectivity index (χ1v) is 22.0. The van der Waals surface area contributed by atoms with Crippen LogP contribution in [-0.2, 0) is 118 Å². The first-order valence-electron chi connectivity index (χ1n) is 9.11. The van der Waals surface area contributed by atoms with E-state index in [4.69, 9.17) is 20.4 Å². The summed E-state index contributed by atoms with van der Waals surface area (Å²) in [6.45, 7) is 0. The maximum absolute atomic E-state index is 10.3. The van der Waals surface area contributed by atoms with Crippen LogP contribution in [0.1, 0.15) is 0 Å². The van der Waals surface area contributed by atoms with Gasteiger partial charge in [-0.2, -0.15) is 0 Å². The molecule has 0 radical (unpaired) electrons. The van der Waals surface area contributed by atoms with Crippen molar-refractivity contribution >= 4 is 60.8 Å². The average molecular weight is 1400 g/mol. The fraction of sp³-hybridized carbons (Fsp3) is 1.00. The Morgan fingerprint density at radius 3 is 0.447 bits per heavy atom. The van der Waals surface area contributed by atoms with E-state index in [0.717, 1.165) is 0 Å². The van der Waals surface area contributed by atoms with Crippen LogP contribution in [0.25, 0.3) is 0 Å². The summed E-state index contributed by atoms with van der Waals surface area (Å²) in [6.07, 6.45) is 0. The van der Waals surface area contributed by atoms with Gasteiger partial charge in [0.1, 0.15) is 22.3 Å². The Hall–Kier alpha value is 3.10. The van der Waals surface area contributed by atoms with Gasteiger partial charge in [0.25, 0.3) is 0 Å². The van der Waals surface area contributed by atoms with Gasteiger partial charge in [-0.05, 0) is 30.4 Å². The van der Waals surface area contributed by atoms with Crippen molar-refractivity contribution < 1.29 is 197 Å². The summed E-state index contributed by atoms with van der Waals surface area (Å²) in [4.78, 5) is 121. The fourth-order valence-electron chi connectivity index (χ4n) is 1.07. The fourth-order valence-corrected chi connectivity index (χ4v) is 8.50. The minimum absolute atomic E-state index is 0. The Labute approximate surface area is 306 Å². The molecule has 8 atom stereocenters. The first-order chi connectivity index (χ1) is 18.9. The van der Waals surface area contributed by atoms with Crippen LogP contribution in [0.2, 0.25) is 0 Å². The third kappa shape index (κ3) is 27.4. The van der Waals surface area contributed by atoms with Crippen LogP contribution in [0.5, 0.6) is 0 Å². The summed E-state index contributed by atoms with van der Waals surface area (Å²) in [5.74, 6) is 0. The summed E-state index contributed by atoms with van der Waals surface area (Å²) in [5.41, 5.74) is -12.0. The summed E-state index contributed by atoms with van der Waals surface area (Å²) < 4.78 is 95.4. The first kappa shape index (κ1) is 65.0. The zero-order chi connectivity index (χ0) is 37.1. The molecule has 0 saturated carbocycles. The zero-order valence-corrected chi connectivity index (χ0v) is 36.4. The van der Waals surface area contributed by atoms with E-state index in [1.54, 1.807) is 0 Å².